The molecule has 0 heterocycles. The number of aryl methyl sites for hydroxylation is 1. The van der Waals surface area contributed by atoms with E-state index in [2.05, 4.69) is 63.2 Å². The number of carbonyl (C=O) groups is 1. The molecule has 0 aliphatic carbocycles. The molecule has 7 heteroatoms. The summed E-state index contributed by atoms with van der Waals surface area (Å²) in [5, 5.41) is 5.48. The lowest BCUT2D eigenvalue weighted by Crippen LogP contribution is -2.16. The summed E-state index contributed by atoms with van der Waals surface area (Å²) in [5.74, 6) is 1.03. The Bertz CT molecular complexity index is 1360. The third-order valence-electron chi connectivity index (χ3n) is 8.45. The summed E-state index contributed by atoms with van der Waals surface area (Å²) in [6.07, 6.45) is 17.7. The van der Waals surface area contributed by atoms with Crippen LogP contribution in [0.2, 0.25) is 0 Å². The van der Waals surface area contributed by atoms with Gasteiger partial charge in [0.05, 0.1) is 23.6 Å². The zero-order valence-corrected chi connectivity index (χ0v) is 33.8. The molecule has 0 amide bonds. The number of ketones is 1. The summed E-state index contributed by atoms with van der Waals surface area (Å²) in [6.45, 7) is 22.3. The number of anilines is 2. The third-order valence-corrected chi connectivity index (χ3v) is 8.45. The Morgan fingerprint density at radius 2 is 1.51 bits per heavy atom. The molecule has 0 saturated heterocycles. The number of nitrogens with zero attached hydrogens (tertiary/aromatic N) is 1. The van der Waals surface area contributed by atoms with E-state index in [1.54, 1.807) is 30.5 Å². The summed E-state index contributed by atoms with van der Waals surface area (Å²) in [6, 6.07) is 12.5. The highest BCUT2D eigenvalue weighted by Crippen LogP contribution is 2.21. The molecule has 0 spiro atoms. The maximum atomic E-state index is 12.4. The normalized spacial score (nSPS) is 13.9. The Kier molecular flexibility index (Phi) is 26.1. The highest BCUT2D eigenvalue weighted by Gasteiger charge is 2.10. The van der Waals surface area contributed by atoms with E-state index < -0.39 is 6.55 Å². The van der Waals surface area contributed by atoms with Crippen molar-refractivity contribution >= 4 is 28.4 Å². The molecule has 0 radical (unpaired) electrons. The van der Waals surface area contributed by atoms with Crippen molar-refractivity contribution in [3.8, 4) is 0 Å². The largest absolute Gasteiger partial charge is 0.376 e. The number of Topliss-reactive ketones (excluding diaryl/α,β-unsaturated/α-hetero) is 1. The molecule has 2 aromatic rings. The molecule has 0 fully saturated rings. The van der Waals surface area contributed by atoms with Gasteiger partial charge >= 0.3 is 6.55 Å². The van der Waals surface area contributed by atoms with Gasteiger partial charge in [0, 0.05) is 29.6 Å². The molecule has 3 unspecified atom stereocenters. The van der Waals surface area contributed by atoms with Gasteiger partial charge in [-0.2, -0.15) is 8.78 Å². The fraction of sp³-hybridized carbons (Fsp3) is 0.545. The van der Waals surface area contributed by atoms with Gasteiger partial charge in [0.25, 0.3) is 0 Å². The van der Waals surface area contributed by atoms with Crippen LogP contribution in [0.4, 0.5) is 20.2 Å². The average molecular weight is 710 g/mol. The van der Waals surface area contributed by atoms with Crippen LogP contribution in [0.25, 0.3) is 5.57 Å². The zero-order chi connectivity index (χ0) is 38.8. The zero-order valence-electron chi connectivity index (χ0n) is 33.8. The maximum Gasteiger partial charge on any atom is 0.312 e. The highest BCUT2D eigenvalue weighted by atomic mass is 19.3. The van der Waals surface area contributed by atoms with Crippen molar-refractivity contribution in [1.29, 1.82) is 0 Å². The number of benzene rings is 2. The number of halogens is 2. The van der Waals surface area contributed by atoms with Crippen LogP contribution in [0.5, 0.6) is 0 Å². The fourth-order valence-corrected chi connectivity index (χ4v) is 5.14. The Labute approximate surface area is 310 Å². The second-order valence-corrected chi connectivity index (χ2v) is 13.2. The van der Waals surface area contributed by atoms with Gasteiger partial charge in [-0.05, 0) is 121 Å². The first-order chi connectivity index (χ1) is 24.3. The molecular formula is C44H69F2N3O2. The SMILES string of the molecule is C/C=C\C.CC/C=C(Nc1ccc(C(=O)CC)c(C)c1)/C(C)=N/C=C(\C)c1ccc(NC(F)F)cc1.CCCC(C)CCCC(C)OC(C)CC. The van der Waals surface area contributed by atoms with Crippen LogP contribution >= 0.6 is 0 Å². The van der Waals surface area contributed by atoms with Crippen molar-refractivity contribution in [3.63, 3.8) is 0 Å². The number of ether oxygens (including phenoxy) is 1. The van der Waals surface area contributed by atoms with Gasteiger partial charge in [-0.3, -0.25) is 9.79 Å². The molecule has 2 aromatic carbocycles. The van der Waals surface area contributed by atoms with Crippen LogP contribution in [0.15, 0.2) is 77.6 Å². The van der Waals surface area contributed by atoms with E-state index in [1.165, 1.54) is 32.1 Å². The smallest absolute Gasteiger partial charge is 0.312 e. The lowest BCUT2D eigenvalue weighted by Gasteiger charge is -2.18. The van der Waals surface area contributed by atoms with Crippen molar-refractivity contribution in [1.82, 2.24) is 0 Å². The summed E-state index contributed by atoms with van der Waals surface area (Å²) >= 11 is 0. The minimum absolute atomic E-state index is 0.134. The maximum absolute atomic E-state index is 12.4. The fourth-order valence-electron chi connectivity index (χ4n) is 5.14. The predicted octanol–water partition coefficient (Wildman–Crippen LogP) is 13.8. The van der Waals surface area contributed by atoms with Crippen LogP contribution in [0.3, 0.4) is 0 Å². The van der Waals surface area contributed by atoms with Gasteiger partial charge < -0.3 is 15.4 Å². The number of hydrogen-bond donors (Lipinski definition) is 2. The number of aliphatic imine (C=N–C) groups is 1. The number of alkyl halides is 2. The van der Waals surface area contributed by atoms with Crippen molar-refractivity contribution in [3.05, 3.63) is 89.3 Å². The first kappa shape index (κ1) is 47.4. The Balaban J connectivity index is 0.00000109. The van der Waals surface area contributed by atoms with Crippen molar-refractivity contribution in [2.75, 3.05) is 10.6 Å². The minimum Gasteiger partial charge on any atom is -0.376 e. The lowest BCUT2D eigenvalue weighted by atomic mass is 9.98. The van der Waals surface area contributed by atoms with E-state index in [0.717, 1.165) is 58.1 Å². The van der Waals surface area contributed by atoms with E-state index in [4.69, 9.17) is 4.74 Å². The average Bonchev–Trinajstić information content (AvgIpc) is 3.10. The third kappa shape index (κ3) is 21.4. The molecule has 51 heavy (non-hydrogen) atoms. The number of allylic oxidation sites excluding steroid dienone is 5. The predicted molar refractivity (Wildman–Crippen MR) is 219 cm³/mol. The van der Waals surface area contributed by atoms with Crippen LogP contribution < -0.4 is 10.6 Å². The molecule has 0 aliphatic rings. The van der Waals surface area contributed by atoms with Crippen molar-refractivity contribution in [2.24, 2.45) is 10.9 Å². The van der Waals surface area contributed by atoms with Crippen LogP contribution in [-0.4, -0.2) is 30.3 Å². The first-order valence-electron chi connectivity index (χ1n) is 19.0. The second kappa shape index (κ2) is 28.1. The second-order valence-electron chi connectivity index (χ2n) is 13.2. The molecular weight excluding hydrogens is 640 g/mol. The summed E-state index contributed by atoms with van der Waals surface area (Å²) in [4.78, 5) is 16.6. The molecule has 2 rings (SSSR count). The lowest BCUT2D eigenvalue weighted by molar-refractivity contribution is 0.000938. The van der Waals surface area contributed by atoms with Gasteiger partial charge in [-0.1, -0.05) is 90.7 Å². The molecule has 5 nitrogen and oxygen atoms in total. The van der Waals surface area contributed by atoms with E-state index in [0.29, 0.717) is 24.3 Å². The Hall–Kier alpha value is -3.58. The van der Waals surface area contributed by atoms with E-state index in [9.17, 15) is 13.6 Å². The van der Waals surface area contributed by atoms with Crippen LogP contribution in [-0.2, 0) is 4.74 Å². The molecule has 3 atom stereocenters. The number of nitrogens with one attached hydrogen (secondary N) is 2. The van der Waals surface area contributed by atoms with E-state index in [-0.39, 0.29) is 5.78 Å². The number of rotatable bonds is 19. The van der Waals surface area contributed by atoms with E-state index in [1.807, 2.05) is 71.9 Å². The molecule has 0 saturated carbocycles. The van der Waals surface area contributed by atoms with Crippen molar-refractivity contribution < 1.29 is 18.3 Å². The van der Waals surface area contributed by atoms with Crippen LogP contribution in [0.1, 0.15) is 149 Å². The molecule has 0 aliphatic heterocycles. The minimum atomic E-state index is -2.59. The van der Waals surface area contributed by atoms with Gasteiger partial charge in [-0.15, -0.1) is 0 Å². The van der Waals surface area contributed by atoms with Crippen LogP contribution in [0, 0.1) is 12.8 Å². The molecule has 286 valence electrons. The summed E-state index contributed by atoms with van der Waals surface area (Å²) < 4.78 is 30.7. The highest BCUT2D eigenvalue weighted by molar-refractivity contribution is 6.02. The summed E-state index contributed by atoms with van der Waals surface area (Å²) in [7, 11) is 0. The molecule has 0 bridgehead atoms. The first-order valence-corrected chi connectivity index (χ1v) is 19.0. The van der Waals surface area contributed by atoms with E-state index >= 15 is 0 Å². The molecule has 2 N–H and O–H groups in total. The quantitative estimate of drug-likeness (QED) is 0.0660. The molecule has 0 aromatic heterocycles. The topological polar surface area (TPSA) is 62.7 Å². The van der Waals surface area contributed by atoms with Crippen molar-refractivity contribution in [2.45, 2.75) is 153 Å². The van der Waals surface area contributed by atoms with Gasteiger partial charge in [0.15, 0.2) is 5.78 Å². The van der Waals surface area contributed by atoms with Gasteiger partial charge in [0.2, 0.25) is 0 Å². The standard InChI is InChI=1S/C26H31F2N3O.C14H30O.C4H8/c1-6-8-24(30-22-13-14-23(17(3)15-22)25(32)7-2)19(5)29-16-18(4)20-9-11-21(12-10-20)31-26(27)28;1-6-9-12(3)10-8-11-14(5)15-13(4)7-2;1-3-4-2/h8-16,26,30-31H,6-7H2,1-5H3;12-14H,6-11H2,1-5H3;3-4H,1-2H3/b18-16+,24-8-,29-19+;;4-3-. The number of hydrogen-bond acceptors (Lipinski definition) is 5. The Morgan fingerprint density at radius 3 is 2.02 bits per heavy atom. The Morgan fingerprint density at radius 1 is 0.882 bits per heavy atom. The van der Waals surface area contributed by atoms with Gasteiger partial charge in [0.1, 0.15) is 0 Å². The van der Waals surface area contributed by atoms with Gasteiger partial charge in [-0.25, -0.2) is 0 Å². The monoisotopic (exact) mass is 710 g/mol. The number of carbonyl (C=O) groups excluding carboxylic acids is 1. The summed E-state index contributed by atoms with van der Waals surface area (Å²) in [5.41, 5.74) is 6.48.